The SMILES string of the molecule is Cc1nc(Nc2cc(C)on2)c2c(n1)NC(CC(C)C)C(=O)N2. The molecule has 3 rings (SSSR count). The molecule has 23 heavy (non-hydrogen) atoms. The van der Waals surface area contributed by atoms with Gasteiger partial charge in [0.1, 0.15) is 23.3 Å². The Kier molecular flexibility index (Phi) is 3.89. The Morgan fingerprint density at radius 3 is 2.78 bits per heavy atom. The summed E-state index contributed by atoms with van der Waals surface area (Å²) in [5, 5.41) is 13.0. The Bertz CT molecular complexity index is 740. The summed E-state index contributed by atoms with van der Waals surface area (Å²) in [5.41, 5.74) is 0.529. The zero-order valence-electron chi connectivity index (χ0n) is 13.6. The van der Waals surface area contributed by atoms with Gasteiger partial charge in [-0.1, -0.05) is 19.0 Å². The van der Waals surface area contributed by atoms with E-state index in [2.05, 4.69) is 44.9 Å². The van der Waals surface area contributed by atoms with Crippen LogP contribution in [0.4, 0.5) is 23.1 Å². The monoisotopic (exact) mass is 316 g/mol. The molecule has 1 amide bonds. The standard InChI is InChI=1S/C15H20N6O2/c1-7(2)5-10-15(22)20-12-13(18-10)16-9(4)17-14(12)19-11-6-8(3)23-21-11/h6-7,10H,5H2,1-4H3,(H,20,22)(H2,16,17,18,19,21). The van der Waals surface area contributed by atoms with Gasteiger partial charge in [-0.2, -0.15) is 0 Å². The lowest BCUT2D eigenvalue weighted by Gasteiger charge is -2.28. The summed E-state index contributed by atoms with van der Waals surface area (Å²) >= 11 is 0. The Morgan fingerprint density at radius 1 is 1.35 bits per heavy atom. The van der Waals surface area contributed by atoms with Crippen molar-refractivity contribution < 1.29 is 9.32 Å². The number of nitrogens with zero attached hydrogens (tertiary/aromatic N) is 3. The van der Waals surface area contributed by atoms with E-state index in [1.807, 2.05) is 0 Å². The molecular weight excluding hydrogens is 296 g/mol. The average Bonchev–Trinajstić information content (AvgIpc) is 2.85. The minimum absolute atomic E-state index is 0.0852. The molecule has 0 aromatic carbocycles. The molecule has 1 aliphatic heterocycles. The van der Waals surface area contributed by atoms with Crippen molar-refractivity contribution in [1.82, 2.24) is 15.1 Å². The summed E-state index contributed by atoms with van der Waals surface area (Å²) in [6.45, 7) is 7.76. The molecule has 0 saturated heterocycles. The van der Waals surface area contributed by atoms with Crippen molar-refractivity contribution in [3.8, 4) is 0 Å². The van der Waals surface area contributed by atoms with Crippen LogP contribution in [0.15, 0.2) is 10.6 Å². The summed E-state index contributed by atoms with van der Waals surface area (Å²) in [6, 6.07) is 1.46. The second-order valence-corrected chi connectivity index (χ2v) is 6.11. The van der Waals surface area contributed by atoms with Gasteiger partial charge >= 0.3 is 0 Å². The van der Waals surface area contributed by atoms with Crippen LogP contribution >= 0.6 is 0 Å². The van der Waals surface area contributed by atoms with Gasteiger partial charge in [0.15, 0.2) is 17.5 Å². The number of fused-ring (bicyclic) bond motifs is 1. The van der Waals surface area contributed by atoms with E-state index < -0.39 is 0 Å². The first-order valence-electron chi connectivity index (χ1n) is 7.58. The van der Waals surface area contributed by atoms with Gasteiger partial charge in [-0.25, -0.2) is 9.97 Å². The van der Waals surface area contributed by atoms with Gasteiger partial charge in [-0.3, -0.25) is 4.79 Å². The molecular formula is C15H20N6O2. The summed E-state index contributed by atoms with van der Waals surface area (Å²) in [5.74, 6) is 3.23. The Morgan fingerprint density at radius 2 is 2.13 bits per heavy atom. The first-order valence-corrected chi connectivity index (χ1v) is 7.58. The van der Waals surface area contributed by atoms with Crippen LogP contribution < -0.4 is 16.0 Å². The molecule has 0 saturated carbocycles. The topological polar surface area (TPSA) is 105 Å². The van der Waals surface area contributed by atoms with Crippen molar-refractivity contribution >= 4 is 29.0 Å². The van der Waals surface area contributed by atoms with Gasteiger partial charge in [-0.05, 0) is 26.2 Å². The summed E-state index contributed by atoms with van der Waals surface area (Å²) in [4.78, 5) is 21.0. The smallest absolute Gasteiger partial charge is 0.247 e. The fourth-order valence-electron chi connectivity index (χ4n) is 2.51. The lowest BCUT2D eigenvalue weighted by atomic mass is 10.0. The summed E-state index contributed by atoms with van der Waals surface area (Å²) in [6.07, 6.45) is 0.736. The van der Waals surface area contributed by atoms with Crippen LogP contribution in [0, 0.1) is 19.8 Å². The minimum Gasteiger partial charge on any atom is -0.360 e. The lowest BCUT2D eigenvalue weighted by Crippen LogP contribution is -2.40. The highest BCUT2D eigenvalue weighted by Crippen LogP contribution is 2.33. The molecule has 0 radical (unpaired) electrons. The highest BCUT2D eigenvalue weighted by molar-refractivity contribution is 6.05. The molecule has 3 N–H and O–H groups in total. The van der Waals surface area contributed by atoms with Crippen molar-refractivity contribution in [2.24, 2.45) is 5.92 Å². The number of rotatable bonds is 4. The maximum absolute atomic E-state index is 12.3. The zero-order chi connectivity index (χ0) is 16.6. The van der Waals surface area contributed by atoms with E-state index in [1.54, 1.807) is 19.9 Å². The second-order valence-electron chi connectivity index (χ2n) is 6.11. The van der Waals surface area contributed by atoms with Crippen LogP contribution in [0.3, 0.4) is 0 Å². The molecule has 3 heterocycles. The van der Waals surface area contributed by atoms with Crippen molar-refractivity contribution in [2.75, 3.05) is 16.0 Å². The molecule has 1 aliphatic rings. The number of aromatic nitrogens is 3. The van der Waals surface area contributed by atoms with Crippen molar-refractivity contribution in [1.29, 1.82) is 0 Å². The van der Waals surface area contributed by atoms with Crippen LogP contribution in [0.2, 0.25) is 0 Å². The first kappa shape index (κ1) is 15.3. The van der Waals surface area contributed by atoms with Crippen molar-refractivity contribution in [2.45, 2.75) is 40.2 Å². The molecule has 0 fully saturated rings. The first-order chi connectivity index (χ1) is 10.9. The maximum Gasteiger partial charge on any atom is 0.247 e. The molecule has 1 atom stereocenters. The van der Waals surface area contributed by atoms with E-state index in [4.69, 9.17) is 4.52 Å². The highest BCUT2D eigenvalue weighted by Gasteiger charge is 2.29. The second kappa shape index (κ2) is 5.86. The number of aryl methyl sites for hydroxylation is 2. The summed E-state index contributed by atoms with van der Waals surface area (Å²) < 4.78 is 5.03. The number of carbonyl (C=O) groups excluding carboxylic acids is 1. The van der Waals surface area contributed by atoms with E-state index in [-0.39, 0.29) is 11.9 Å². The third kappa shape index (κ3) is 3.25. The molecule has 2 aromatic rings. The van der Waals surface area contributed by atoms with Crippen LogP contribution in [0.25, 0.3) is 0 Å². The predicted octanol–water partition coefficient (Wildman–Crippen LogP) is 2.60. The van der Waals surface area contributed by atoms with Crippen LogP contribution in [-0.4, -0.2) is 27.1 Å². The quantitative estimate of drug-likeness (QED) is 0.796. The van der Waals surface area contributed by atoms with E-state index in [0.717, 1.165) is 6.42 Å². The molecule has 122 valence electrons. The minimum atomic E-state index is -0.293. The van der Waals surface area contributed by atoms with Gasteiger partial charge in [0.05, 0.1) is 0 Å². The number of nitrogens with one attached hydrogen (secondary N) is 3. The maximum atomic E-state index is 12.3. The van der Waals surface area contributed by atoms with Crippen LogP contribution in [-0.2, 0) is 4.79 Å². The van der Waals surface area contributed by atoms with Gasteiger partial charge < -0.3 is 20.5 Å². The van der Waals surface area contributed by atoms with Crippen molar-refractivity contribution in [3.63, 3.8) is 0 Å². The zero-order valence-corrected chi connectivity index (χ0v) is 13.6. The molecule has 8 nitrogen and oxygen atoms in total. The van der Waals surface area contributed by atoms with Gasteiger partial charge in [0.25, 0.3) is 0 Å². The Hall–Kier alpha value is -2.64. The largest absolute Gasteiger partial charge is 0.360 e. The Labute approximate surface area is 134 Å². The molecule has 0 aliphatic carbocycles. The normalized spacial score (nSPS) is 16.7. The highest BCUT2D eigenvalue weighted by atomic mass is 16.5. The third-order valence-corrected chi connectivity index (χ3v) is 3.48. The Balaban J connectivity index is 1.92. The molecule has 2 aromatic heterocycles. The fraction of sp³-hybridized carbons (Fsp3) is 0.467. The van der Waals surface area contributed by atoms with E-state index in [9.17, 15) is 4.79 Å². The lowest BCUT2D eigenvalue weighted by molar-refractivity contribution is -0.117. The molecule has 8 heteroatoms. The van der Waals surface area contributed by atoms with Crippen LogP contribution in [0.5, 0.6) is 0 Å². The number of carbonyl (C=O) groups is 1. The third-order valence-electron chi connectivity index (χ3n) is 3.48. The summed E-state index contributed by atoms with van der Waals surface area (Å²) in [7, 11) is 0. The number of hydrogen-bond donors (Lipinski definition) is 3. The molecule has 0 bridgehead atoms. The van der Waals surface area contributed by atoms with E-state index >= 15 is 0 Å². The van der Waals surface area contributed by atoms with Gasteiger partial charge in [0.2, 0.25) is 5.91 Å². The predicted molar refractivity (Wildman–Crippen MR) is 86.8 cm³/mol. The number of amides is 1. The molecule has 1 unspecified atom stereocenters. The van der Waals surface area contributed by atoms with Gasteiger partial charge in [0, 0.05) is 6.07 Å². The number of hydrogen-bond acceptors (Lipinski definition) is 7. The molecule has 0 spiro atoms. The van der Waals surface area contributed by atoms with E-state index in [1.165, 1.54) is 0 Å². The van der Waals surface area contributed by atoms with Crippen molar-refractivity contribution in [3.05, 3.63) is 17.7 Å². The van der Waals surface area contributed by atoms with Gasteiger partial charge in [-0.15, -0.1) is 0 Å². The fourth-order valence-corrected chi connectivity index (χ4v) is 2.51. The average molecular weight is 316 g/mol. The van der Waals surface area contributed by atoms with E-state index in [0.29, 0.717) is 40.6 Å². The number of anilines is 4. The van der Waals surface area contributed by atoms with Crippen LogP contribution in [0.1, 0.15) is 31.9 Å².